The number of carbonyl (C=O) groups is 1. The van der Waals surface area contributed by atoms with Crippen molar-refractivity contribution in [2.45, 2.75) is 20.3 Å². The molecule has 154 valence electrons. The Hall–Kier alpha value is -1.51. The van der Waals surface area contributed by atoms with Crippen LogP contribution in [-0.4, -0.2) is 55.2 Å². The van der Waals surface area contributed by atoms with Gasteiger partial charge in [-0.2, -0.15) is 0 Å². The first-order valence-corrected chi connectivity index (χ1v) is 11.8. The zero-order valence-electron chi connectivity index (χ0n) is 16.6. The molecule has 2 aromatic heterocycles. The molecule has 0 aliphatic carbocycles. The maximum Gasteiger partial charge on any atom is 0.270 e. The first-order valence-electron chi connectivity index (χ1n) is 9.77. The van der Waals surface area contributed by atoms with Gasteiger partial charge in [-0.05, 0) is 43.5 Å². The predicted octanol–water partition coefficient (Wildman–Crippen LogP) is 5.00. The standard InChI is InChI=1S/C21H24ClN3O2S2/c1-14-4-5-15(2)19-18(14)23-21(29-19)25(20(26)16-6-7-17(22)28-16)9-3-8-24-10-12-27-13-11-24/h4-7H,3,8-13H2,1-2H3. The van der Waals surface area contributed by atoms with E-state index in [2.05, 4.69) is 30.9 Å². The van der Waals surface area contributed by atoms with Crippen LogP contribution in [0.3, 0.4) is 0 Å². The van der Waals surface area contributed by atoms with Crippen molar-refractivity contribution in [1.29, 1.82) is 0 Å². The lowest BCUT2D eigenvalue weighted by molar-refractivity contribution is 0.0376. The number of hydrogen-bond acceptors (Lipinski definition) is 6. The fourth-order valence-electron chi connectivity index (χ4n) is 3.49. The molecule has 1 saturated heterocycles. The number of thiazole rings is 1. The van der Waals surface area contributed by atoms with Gasteiger partial charge in [-0.15, -0.1) is 11.3 Å². The molecule has 3 aromatic rings. The lowest BCUT2D eigenvalue weighted by Crippen LogP contribution is -2.39. The molecule has 8 heteroatoms. The molecule has 4 rings (SSSR count). The molecular weight excluding hydrogens is 426 g/mol. The largest absolute Gasteiger partial charge is 0.379 e. The van der Waals surface area contributed by atoms with Gasteiger partial charge in [0, 0.05) is 26.2 Å². The molecule has 0 unspecified atom stereocenters. The monoisotopic (exact) mass is 449 g/mol. The van der Waals surface area contributed by atoms with Crippen LogP contribution in [0.2, 0.25) is 4.34 Å². The summed E-state index contributed by atoms with van der Waals surface area (Å²) in [6.45, 7) is 9.20. The van der Waals surface area contributed by atoms with Crippen LogP contribution in [-0.2, 0) is 4.74 Å². The number of carbonyl (C=O) groups excluding carboxylic acids is 1. The summed E-state index contributed by atoms with van der Waals surface area (Å²) < 4.78 is 7.20. The van der Waals surface area contributed by atoms with Gasteiger partial charge in [-0.25, -0.2) is 4.98 Å². The normalized spacial score (nSPS) is 15.1. The summed E-state index contributed by atoms with van der Waals surface area (Å²) in [5.74, 6) is -0.0294. The van der Waals surface area contributed by atoms with E-state index >= 15 is 0 Å². The van der Waals surface area contributed by atoms with E-state index in [1.165, 1.54) is 16.9 Å². The third-order valence-electron chi connectivity index (χ3n) is 5.15. The predicted molar refractivity (Wildman–Crippen MR) is 122 cm³/mol. The van der Waals surface area contributed by atoms with E-state index in [-0.39, 0.29) is 5.91 Å². The van der Waals surface area contributed by atoms with Crippen LogP contribution in [0, 0.1) is 13.8 Å². The second-order valence-corrected chi connectivity index (χ2v) is 9.93. The summed E-state index contributed by atoms with van der Waals surface area (Å²) in [6.07, 6.45) is 0.888. The second-order valence-electron chi connectivity index (χ2n) is 7.24. The molecule has 0 radical (unpaired) electrons. The van der Waals surface area contributed by atoms with Crippen molar-refractivity contribution < 1.29 is 9.53 Å². The van der Waals surface area contributed by atoms with E-state index in [4.69, 9.17) is 21.3 Å². The highest BCUT2D eigenvalue weighted by Crippen LogP contribution is 2.34. The molecule has 5 nitrogen and oxygen atoms in total. The van der Waals surface area contributed by atoms with Gasteiger partial charge in [0.15, 0.2) is 5.13 Å². The number of amides is 1. The number of fused-ring (bicyclic) bond motifs is 1. The number of nitrogens with zero attached hydrogens (tertiary/aromatic N) is 3. The van der Waals surface area contributed by atoms with E-state index < -0.39 is 0 Å². The number of halogens is 1. The highest BCUT2D eigenvalue weighted by atomic mass is 35.5. The van der Waals surface area contributed by atoms with Gasteiger partial charge in [0.25, 0.3) is 5.91 Å². The SMILES string of the molecule is Cc1ccc(C)c2sc(N(CCCN3CCOCC3)C(=O)c3ccc(Cl)s3)nc12. The Balaban J connectivity index is 1.59. The van der Waals surface area contributed by atoms with Gasteiger partial charge in [0.2, 0.25) is 0 Å². The molecule has 1 amide bonds. The number of aryl methyl sites for hydroxylation is 2. The number of morpholine rings is 1. The van der Waals surface area contributed by atoms with E-state index in [0.717, 1.165) is 60.2 Å². The maximum atomic E-state index is 13.3. The average molecular weight is 450 g/mol. The minimum absolute atomic E-state index is 0.0294. The van der Waals surface area contributed by atoms with Crippen molar-refractivity contribution in [3.8, 4) is 0 Å². The van der Waals surface area contributed by atoms with Crippen molar-refractivity contribution in [1.82, 2.24) is 9.88 Å². The molecular formula is C21H24ClN3O2S2. The molecule has 3 heterocycles. The van der Waals surface area contributed by atoms with Crippen LogP contribution < -0.4 is 4.90 Å². The number of rotatable bonds is 6. The Morgan fingerprint density at radius 3 is 2.62 bits per heavy atom. The number of benzene rings is 1. The Morgan fingerprint density at radius 2 is 1.93 bits per heavy atom. The summed E-state index contributed by atoms with van der Waals surface area (Å²) in [5, 5.41) is 0.758. The highest BCUT2D eigenvalue weighted by Gasteiger charge is 2.24. The number of thiophene rings is 1. The Kier molecular flexibility index (Phi) is 6.51. The van der Waals surface area contributed by atoms with Crippen molar-refractivity contribution in [2.75, 3.05) is 44.3 Å². The molecule has 0 atom stereocenters. The topological polar surface area (TPSA) is 45.7 Å². The van der Waals surface area contributed by atoms with Crippen LogP contribution in [0.1, 0.15) is 27.2 Å². The van der Waals surface area contributed by atoms with E-state index in [0.29, 0.717) is 15.8 Å². The average Bonchev–Trinajstić information content (AvgIpc) is 3.36. The van der Waals surface area contributed by atoms with E-state index in [1.54, 1.807) is 23.5 Å². The fraction of sp³-hybridized carbons (Fsp3) is 0.429. The number of hydrogen-bond donors (Lipinski definition) is 0. The molecule has 29 heavy (non-hydrogen) atoms. The van der Waals surface area contributed by atoms with Gasteiger partial charge < -0.3 is 4.74 Å². The van der Waals surface area contributed by atoms with Gasteiger partial charge in [-0.1, -0.05) is 35.1 Å². The second kappa shape index (κ2) is 9.10. The quantitative estimate of drug-likeness (QED) is 0.531. The zero-order chi connectivity index (χ0) is 20.4. The van der Waals surface area contributed by atoms with Gasteiger partial charge in [0.05, 0.1) is 32.6 Å². The van der Waals surface area contributed by atoms with Crippen molar-refractivity contribution in [3.05, 3.63) is 44.6 Å². The molecule has 1 fully saturated rings. The fourth-order valence-corrected chi connectivity index (χ4v) is 5.62. The summed E-state index contributed by atoms with van der Waals surface area (Å²) >= 11 is 8.99. The minimum Gasteiger partial charge on any atom is -0.379 e. The van der Waals surface area contributed by atoms with Crippen LogP contribution >= 0.6 is 34.3 Å². The van der Waals surface area contributed by atoms with Crippen molar-refractivity contribution in [3.63, 3.8) is 0 Å². The van der Waals surface area contributed by atoms with Gasteiger partial charge >= 0.3 is 0 Å². The van der Waals surface area contributed by atoms with Crippen LogP contribution in [0.5, 0.6) is 0 Å². The zero-order valence-corrected chi connectivity index (χ0v) is 19.0. The van der Waals surface area contributed by atoms with Crippen molar-refractivity contribution in [2.24, 2.45) is 0 Å². The smallest absolute Gasteiger partial charge is 0.270 e. The summed E-state index contributed by atoms with van der Waals surface area (Å²) in [4.78, 5) is 23.0. The summed E-state index contributed by atoms with van der Waals surface area (Å²) in [5.41, 5.74) is 3.31. The first-order chi connectivity index (χ1) is 14.0. The molecule has 0 N–H and O–H groups in total. The summed E-state index contributed by atoms with van der Waals surface area (Å²) in [6, 6.07) is 7.78. The highest BCUT2D eigenvalue weighted by molar-refractivity contribution is 7.22. The van der Waals surface area contributed by atoms with E-state index in [9.17, 15) is 4.79 Å². The Bertz CT molecular complexity index is 972. The third kappa shape index (κ3) is 4.64. The van der Waals surface area contributed by atoms with Crippen LogP contribution in [0.25, 0.3) is 10.2 Å². The van der Waals surface area contributed by atoms with Crippen LogP contribution in [0.4, 0.5) is 5.13 Å². The number of aromatic nitrogens is 1. The molecule has 0 bridgehead atoms. The molecule has 1 aliphatic rings. The Labute approximate surface area is 183 Å². The Morgan fingerprint density at radius 1 is 1.17 bits per heavy atom. The van der Waals surface area contributed by atoms with Gasteiger partial charge in [-0.3, -0.25) is 14.6 Å². The lowest BCUT2D eigenvalue weighted by atomic mass is 10.1. The molecule has 1 aromatic carbocycles. The van der Waals surface area contributed by atoms with Crippen LogP contribution in [0.15, 0.2) is 24.3 Å². The van der Waals surface area contributed by atoms with Gasteiger partial charge in [0.1, 0.15) is 0 Å². The maximum absolute atomic E-state index is 13.3. The number of ether oxygens (including phenoxy) is 1. The lowest BCUT2D eigenvalue weighted by Gasteiger charge is -2.27. The minimum atomic E-state index is -0.0294. The summed E-state index contributed by atoms with van der Waals surface area (Å²) in [7, 11) is 0. The molecule has 0 saturated carbocycles. The molecule has 0 spiro atoms. The number of anilines is 1. The first kappa shape index (κ1) is 20.8. The van der Waals surface area contributed by atoms with Crippen molar-refractivity contribution >= 4 is 55.5 Å². The third-order valence-corrected chi connectivity index (χ3v) is 7.58. The van der Waals surface area contributed by atoms with E-state index in [1.807, 2.05) is 4.90 Å². The molecule has 1 aliphatic heterocycles.